The lowest BCUT2D eigenvalue weighted by atomic mass is 10.00. The summed E-state index contributed by atoms with van der Waals surface area (Å²) >= 11 is 0. The molecule has 0 spiro atoms. The van der Waals surface area contributed by atoms with Crippen molar-refractivity contribution < 1.29 is 9.72 Å². The van der Waals surface area contributed by atoms with Gasteiger partial charge in [0.1, 0.15) is 5.69 Å². The summed E-state index contributed by atoms with van der Waals surface area (Å²) in [6.45, 7) is 7.19. The van der Waals surface area contributed by atoms with E-state index in [0.717, 1.165) is 0 Å². The number of rotatable bonds is 6. The van der Waals surface area contributed by atoms with Gasteiger partial charge in [0.2, 0.25) is 11.7 Å². The number of aromatic nitrogens is 2. The van der Waals surface area contributed by atoms with Crippen LogP contribution in [0.15, 0.2) is 0 Å². The number of nitrogens with zero attached hydrogens (tertiary/aromatic N) is 3. The molecule has 8 nitrogen and oxygen atoms in total. The summed E-state index contributed by atoms with van der Waals surface area (Å²) in [5.41, 5.74) is 4.85. The zero-order valence-electron chi connectivity index (χ0n) is 12.4. The van der Waals surface area contributed by atoms with Gasteiger partial charge in [-0.05, 0) is 13.8 Å². The SMILES string of the molecule is CC(C)c1nn(C)c(NC(C)(C)CC(N)=O)c1[N+](=O)[O-]. The van der Waals surface area contributed by atoms with Crippen LogP contribution in [0.3, 0.4) is 0 Å². The van der Waals surface area contributed by atoms with Crippen molar-refractivity contribution in [3.8, 4) is 0 Å². The Balaban J connectivity index is 3.24. The van der Waals surface area contributed by atoms with Gasteiger partial charge in [-0.25, -0.2) is 4.68 Å². The Bertz CT molecular complexity index is 533. The van der Waals surface area contributed by atoms with Crippen molar-refractivity contribution in [1.29, 1.82) is 0 Å². The summed E-state index contributed by atoms with van der Waals surface area (Å²) < 4.78 is 1.43. The van der Waals surface area contributed by atoms with Crippen LogP contribution in [0, 0.1) is 10.1 Å². The van der Waals surface area contributed by atoms with Crippen LogP contribution in [0.4, 0.5) is 11.5 Å². The van der Waals surface area contributed by atoms with E-state index >= 15 is 0 Å². The maximum Gasteiger partial charge on any atom is 0.334 e. The fourth-order valence-corrected chi connectivity index (χ4v) is 2.04. The molecule has 0 aromatic carbocycles. The van der Waals surface area contributed by atoms with Crippen molar-refractivity contribution in [2.75, 3.05) is 5.32 Å². The number of nitrogens with one attached hydrogen (secondary N) is 1. The number of nitrogens with two attached hydrogens (primary N) is 1. The van der Waals surface area contributed by atoms with E-state index in [0.29, 0.717) is 5.69 Å². The number of hydrogen-bond acceptors (Lipinski definition) is 5. The van der Waals surface area contributed by atoms with Gasteiger partial charge in [0, 0.05) is 24.9 Å². The Morgan fingerprint density at radius 3 is 2.50 bits per heavy atom. The zero-order chi connectivity index (χ0) is 15.7. The molecule has 20 heavy (non-hydrogen) atoms. The molecule has 112 valence electrons. The second-order valence-electron chi connectivity index (χ2n) is 5.77. The van der Waals surface area contributed by atoms with Crippen LogP contribution < -0.4 is 11.1 Å². The summed E-state index contributed by atoms with van der Waals surface area (Å²) in [4.78, 5) is 21.9. The average molecular weight is 283 g/mol. The first kappa shape index (κ1) is 15.9. The van der Waals surface area contributed by atoms with Crippen LogP contribution in [-0.2, 0) is 11.8 Å². The number of carbonyl (C=O) groups is 1. The minimum atomic E-state index is -0.696. The molecule has 0 aliphatic rings. The minimum absolute atomic E-state index is 0.0555. The molecular formula is C12H21N5O3. The summed E-state index contributed by atoms with van der Waals surface area (Å²) in [5.74, 6) is -0.266. The van der Waals surface area contributed by atoms with E-state index in [4.69, 9.17) is 5.73 Å². The fraction of sp³-hybridized carbons (Fsp3) is 0.667. The molecule has 0 saturated carbocycles. The molecular weight excluding hydrogens is 262 g/mol. The Labute approximate surface area is 117 Å². The fourth-order valence-electron chi connectivity index (χ4n) is 2.04. The Morgan fingerprint density at radius 1 is 1.55 bits per heavy atom. The predicted octanol–water partition coefficient (Wildman–Crippen LogP) is 1.52. The second kappa shape index (κ2) is 5.48. The van der Waals surface area contributed by atoms with Crippen LogP contribution >= 0.6 is 0 Å². The first-order valence-electron chi connectivity index (χ1n) is 6.33. The van der Waals surface area contributed by atoms with Crippen molar-refractivity contribution in [3.63, 3.8) is 0 Å². The molecule has 1 rings (SSSR count). The molecule has 0 atom stereocenters. The van der Waals surface area contributed by atoms with Crippen LogP contribution in [0.25, 0.3) is 0 Å². The molecule has 0 aliphatic heterocycles. The quantitative estimate of drug-likeness (QED) is 0.606. The van der Waals surface area contributed by atoms with Crippen LogP contribution in [0.1, 0.15) is 45.7 Å². The molecule has 8 heteroatoms. The van der Waals surface area contributed by atoms with E-state index in [9.17, 15) is 14.9 Å². The highest BCUT2D eigenvalue weighted by Gasteiger charge is 2.32. The number of amides is 1. The van der Waals surface area contributed by atoms with Crippen LogP contribution in [0.2, 0.25) is 0 Å². The normalized spacial score (nSPS) is 11.7. The molecule has 0 fully saturated rings. The van der Waals surface area contributed by atoms with Gasteiger partial charge in [-0.2, -0.15) is 5.10 Å². The Kier molecular flexibility index (Phi) is 4.36. The third kappa shape index (κ3) is 3.46. The van der Waals surface area contributed by atoms with Gasteiger partial charge in [-0.3, -0.25) is 14.9 Å². The Hall–Kier alpha value is -2.12. The first-order chi connectivity index (χ1) is 9.05. The molecule has 1 aromatic rings. The van der Waals surface area contributed by atoms with Crippen molar-refractivity contribution >= 4 is 17.4 Å². The van der Waals surface area contributed by atoms with E-state index in [1.807, 2.05) is 13.8 Å². The molecule has 1 heterocycles. The van der Waals surface area contributed by atoms with Gasteiger partial charge in [-0.1, -0.05) is 13.8 Å². The van der Waals surface area contributed by atoms with Crippen LogP contribution in [0.5, 0.6) is 0 Å². The lowest BCUT2D eigenvalue weighted by Gasteiger charge is -2.25. The number of carbonyl (C=O) groups excluding carboxylic acids is 1. The maximum atomic E-state index is 11.3. The monoisotopic (exact) mass is 283 g/mol. The standard InChI is InChI=1S/C12H21N5O3/c1-7(2)9-10(17(19)20)11(16(5)15-9)14-12(3,4)6-8(13)18/h7,14H,6H2,1-5H3,(H2,13,18). The van der Waals surface area contributed by atoms with Gasteiger partial charge >= 0.3 is 5.69 Å². The largest absolute Gasteiger partial charge is 0.370 e. The van der Waals surface area contributed by atoms with E-state index in [2.05, 4.69) is 10.4 Å². The number of nitro groups is 1. The number of hydrogen-bond donors (Lipinski definition) is 2. The van der Waals surface area contributed by atoms with Gasteiger partial charge in [0.05, 0.1) is 4.92 Å². The van der Waals surface area contributed by atoms with E-state index in [1.54, 1.807) is 20.9 Å². The van der Waals surface area contributed by atoms with Gasteiger partial charge < -0.3 is 11.1 Å². The number of anilines is 1. The highest BCUT2D eigenvalue weighted by Crippen LogP contribution is 2.34. The smallest absolute Gasteiger partial charge is 0.334 e. The average Bonchev–Trinajstić information content (AvgIpc) is 2.53. The van der Waals surface area contributed by atoms with Crippen molar-refractivity contribution in [1.82, 2.24) is 9.78 Å². The van der Waals surface area contributed by atoms with Crippen LogP contribution in [-0.4, -0.2) is 26.1 Å². The lowest BCUT2D eigenvalue weighted by molar-refractivity contribution is -0.384. The molecule has 1 amide bonds. The molecule has 0 aliphatic carbocycles. The summed E-state index contributed by atoms with van der Waals surface area (Å²) in [6, 6.07) is 0. The van der Waals surface area contributed by atoms with E-state index < -0.39 is 16.4 Å². The minimum Gasteiger partial charge on any atom is -0.370 e. The zero-order valence-corrected chi connectivity index (χ0v) is 12.4. The highest BCUT2D eigenvalue weighted by molar-refractivity contribution is 5.76. The maximum absolute atomic E-state index is 11.3. The predicted molar refractivity (Wildman–Crippen MR) is 75.5 cm³/mol. The molecule has 0 radical (unpaired) electrons. The molecule has 0 saturated heterocycles. The second-order valence-corrected chi connectivity index (χ2v) is 5.77. The number of aryl methyl sites for hydroxylation is 1. The lowest BCUT2D eigenvalue weighted by Crippen LogP contribution is -2.36. The molecule has 1 aromatic heterocycles. The van der Waals surface area contributed by atoms with E-state index in [-0.39, 0.29) is 23.8 Å². The van der Waals surface area contributed by atoms with E-state index in [1.165, 1.54) is 4.68 Å². The highest BCUT2D eigenvalue weighted by atomic mass is 16.6. The van der Waals surface area contributed by atoms with Gasteiger partial charge in [0.25, 0.3) is 0 Å². The third-order valence-corrected chi connectivity index (χ3v) is 2.85. The topological polar surface area (TPSA) is 116 Å². The first-order valence-corrected chi connectivity index (χ1v) is 6.33. The number of primary amides is 1. The Morgan fingerprint density at radius 2 is 2.10 bits per heavy atom. The summed E-state index contributed by atoms with van der Waals surface area (Å²) in [5, 5.41) is 18.5. The molecule has 0 bridgehead atoms. The summed E-state index contributed by atoms with van der Waals surface area (Å²) in [6.07, 6.45) is 0.0619. The summed E-state index contributed by atoms with van der Waals surface area (Å²) in [7, 11) is 1.63. The van der Waals surface area contributed by atoms with Gasteiger partial charge in [-0.15, -0.1) is 0 Å². The van der Waals surface area contributed by atoms with Crippen molar-refractivity contribution in [3.05, 3.63) is 15.8 Å². The molecule has 3 N–H and O–H groups in total. The van der Waals surface area contributed by atoms with Gasteiger partial charge in [0.15, 0.2) is 0 Å². The molecule has 0 unspecified atom stereocenters. The van der Waals surface area contributed by atoms with Crippen molar-refractivity contribution in [2.45, 2.75) is 45.6 Å². The van der Waals surface area contributed by atoms with Crippen molar-refractivity contribution in [2.24, 2.45) is 12.8 Å². The third-order valence-electron chi connectivity index (χ3n) is 2.85.